The number of halogens is 1. The second-order valence-corrected chi connectivity index (χ2v) is 8.03. The van der Waals surface area contributed by atoms with E-state index in [0.29, 0.717) is 11.7 Å². The molecular weight excluding hydrogens is 284 g/mol. The fourth-order valence-electron chi connectivity index (χ4n) is 1.79. The van der Waals surface area contributed by atoms with Crippen molar-refractivity contribution in [1.82, 2.24) is 4.98 Å². The number of alkyl halides is 1. The molecule has 0 radical (unpaired) electrons. The predicted molar refractivity (Wildman–Crippen MR) is 79.5 cm³/mol. The van der Waals surface area contributed by atoms with Crippen molar-refractivity contribution in [3.8, 4) is 0 Å². The second kappa shape index (κ2) is 6.09. The lowest BCUT2D eigenvalue weighted by Gasteiger charge is -2.32. The van der Waals surface area contributed by atoms with Crippen LogP contribution in [0.15, 0.2) is 23.2 Å². The quantitative estimate of drug-likeness (QED) is 0.850. The van der Waals surface area contributed by atoms with Gasteiger partial charge >= 0.3 is 0 Å². The highest BCUT2D eigenvalue weighted by Gasteiger charge is 2.26. The standard InChI is InChI=1S/C13H21ClN2O2S/c1-13(2,3)11(7-8-14)16-12-10(19(4,17)18)6-5-9-15-12/h5-6,9,11H,7-8H2,1-4H3,(H,15,16). The Kier molecular flexibility index (Phi) is 5.21. The number of hydrogen-bond acceptors (Lipinski definition) is 4. The van der Waals surface area contributed by atoms with E-state index in [1.807, 2.05) is 0 Å². The summed E-state index contributed by atoms with van der Waals surface area (Å²) in [5.74, 6) is 0.908. The van der Waals surface area contributed by atoms with E-state index < -0.39 is 9.84 Å². The summed E-state index contributed by atoms with van der Waals surface area (Å²) in [6.45, 7) is 6.25. The predicted octanol–water partition coefficient (Wildman–Crippen LogP) is 2.94. The molecule has 108 valence electrons. The average molecular weight is 305 g/mol. The molecule has 0 bridgehead atoms. The van der Waals surface area contributed by atoms with Crippen molar-refractivity contribution in [3.05, 3.63) is 18.3 Å². The number of rotatable bonds is 5. The van der Waals surface area contributed by atoms with Crippen LogP contribution in [-0.2, 0) is 9.84 Å². The van der Waals surface area contributed by atoms with Gasteiger partial charge in [0, 0.05) is 24.4 Å². The van der Waals surface area contributed by atoms with Crippen LogP contribution in [0.5, 0.6) is 0 Å². The number of hydrogen-bond donors (Lipinski definition) is 1. The maximum Gasteiger partial charge on any atom is 0.179 e. The highest BCUT2D eigenvalue weighted by atomic mass is 35.5. The summed E-state index contributed by atoms with van der Waals surface area (Å²) >= 11 is 5.82. The fraction of sp³-hybridized carbons (Fsp3) is 0.615. The molecule has 4 nitrogen and oxygen atoms in total. The highest BCUT2D eigenvalue weighted by molar-refractivity contribution is 7.90. The Morgan fingerprint density at radius 3 is 2.53 bits per heavy atom. The van der Waals surface area contributed by atoms with Gasteiger partial charge in [-0.25, -0.2) is 13.4 Å². The molecule has 1 atom stereocenters. The van der Waals surface area contributed by atoms with Gasteiger partial charge < -0.3 is 5.32 Å². The molecule has 0 spiro atoms. The Morgan fingerprint density at radius 2 is 2.05 bits per heavy atom. The minimum atomic E-state index is -3.30. The first kappa shape index (κ1) is 16.2. The van der Waals surface area contributed by atoms with Crippen molar-refractivity contribution in [2.45, 2.75) is 38.1 Å². The number of nitrogens with one attached hydrogen (secondary N) is 1. The molecule has 1 aromatic rings. The van der Waals surface area contributed by atoms with E-state index in [9.17, 15) is 8.42 Å². The smallest absolute Gasteiger partial charge is 0.179 e. The van der Waals surface area contributed by atoms with E-state index >= 15 is 0 Å². The normalized spacial score (nSPS) is 14.2. The van der Waals surface area contributed by atoms with Crippen molar-refractivity contribution >= 4 is 27.3 Å². The van der Waals surface area contributed by atoms with Crippen LogP contribution >= 0.6 is 11.6 Å². The zero-order chi connectivity index (χ0) is 14.7. The molecule has 1 unspecified atom stereocenters. The molecule has 0 saturated heterocycles. The van der Waals surface area contributed by atoms with Crippen LogP contribution in [0.25, 0.3) is 0 Å². The molecule has 0 amide bonds. The van der Waals surface area contributed by atoms with E-state index in [4.69, 9.17) is 11.6 Å². The van der Waals surface area contributed by atoms with Gasteiger partial charge in [-0.05, 0) is 24.0 Å². The van der Waals surface area contributed by atoms with Crippen molar-refractivity contribution in [3.63, 3.8) is 0 Å². The molecule has 1 heterocycles. The monoisotopic (exact) mass is 304 g/mol. The third-order valence-electron chi connectivity index (χ3n) is 2.92. The lowest BCUT2D eigenvalue weighted by atomic mass is 9.85. The van der Waals surface area contributed by atoms with Crippen LogP contribution in [0, 0.1) is 5.41 Å². The molecule has 1 aromatic heterocycles. The molecule has 0 aliphatic rings. The number of anilines is 1. The van der Waals surface area contributed by atoms with Crippen molar-refractivity contribution < 1.29 is 8.42 Å². The molecule has 6 heteroatoms. The van der Waals surface area contributed by atoms with Crippen LogP contribution in [0.3, 0.4) is 0 Å². The highest BCUT2D eigenvalue weighted by Crippen LogP contribution is 2.27. The first-order chi connectivity index (χ1) is 8.66. The summed E-state index contributed by atoms with van der Waals surface area (Å²) in [6.07, 6.45) is 3.51. The van der Waals surface area contributed by atoms with E-state index in [1.54, 1.807) is 18.3 Å². The maximum absolute atomic E-state index is 11.7. The third kappa shape index (κ3) is 4.66. The van der Waals surface area contributed by atoms with E-state index in [1.165, 1.54) is 6.26 Å². The zero-order valence-electron chi connectivity index (χ0n) is 11.8. The van der Waals surface area contributed by atoms with Gasteiger partial charge in [0.2, 0.25) is 0 Å². The van der Waals surface area contributed by atoms with Crippen LogP contribution < -0.4 is 5.32 Å². The number of pyridine rings is 1. The van der Waals surface area contributed by atoms with Gasteiger partial charge in [0.05, 0.1) is 0 Å². The number of sulfone groups is 1. The summed E-state index contributed by atoms with van der Waals surface area (Å²) in [5.41, 5.74) is -0.0405. The molecule has 0 fully saturated rings. The summed E-state index contributed by atoms with van der Waals surface area (Å²) in [5, 5.41) is 3.22. The summed E-state index contributed by atoms with van der Waals surface area (Å²) < 4.78 is 23.5. The van der Waals surface area contributed by atoms with Gasteiger partial charge in [-0.15, -0.1) is 11.6 Å². The fourth-order valence-corrected chi connectivity index (χ4v) is 2.80. The third-order valence-corrected chi connectivity index (χ3v) is 4.27. The second-order valence-electron chi connectivity index (χ2n) is 5.66. The minimum Gasteiger partial charge on any atom is -0.366 e. The minimum absolute atomic E-state index is 0.0405. The summed E-state index contributed by atoms with van der Waals surface area (Å²) in [6, 6.07) is 3.24. The van der Waals surface area contributed by atoms with Crippen molar-refractivity contribution in [2.75, 3.05) is 17.5 Å². The summed E-state index contributed by atoms with van der Waals surface area (Å²) in [7, 11) is -3.30. The van der Waals surface area contributed by atoms with Crippen LogP contribution in [0.1, 0.15) is 27.2 Å². The molecule has 0 aliphatic carbocycles. The van der Waals surface area contributed by atoms with Gasteiger partial charge in [0.25, 0.3) is 0 Å². The Balaban J connectivity index is 3.11. The van der Waals surface area contributed by atoms with Gasteiger partial charge in [-0.1, -0.05) is 20.8 Å². The molecule has 0 aliphatic heterocycles. The van der Waals surface area contributed by atoms with Gasteiger partial charge in [0.1, 0.15) is 10.7 Å². The molecule has 1 N–H and O–H groups in total. The first-order valence-corrected chi connectivity index (χ1v) is 8.56. The maximum atomic E-state index is 11.7. The van der Waals surface area contributed by atoms with Crippen LogP contribution in [0.2, 0.25) is 0 Å². The Labute approximate surface area is 120 Å². The lowest BCUT2D eigenvalue weighted by Crippen LogP contribution is -2.35. The van der Waals surface area contributed by atoms with Crippen molar-refractivity contribution in [1.29, 1.82) is 0 Å². The SMILES string of the molecule is CC(C)(C)C(CCCl)Nc1ncccc1S(C)(=O)=O. The van der Waals surface area contributed by atoms with E-state index in [-0.39, 0.29) is 16.4 Å². The zero-order valence-corrected chi connectivity index (χ0v) is 13.3. The first-order valence-electron chi connectivity index (χ1n) is 6.14. The van der Waals surface area contributed by atoms with Crippen molar-refractivity contribution in [2.24, 2.45) is 5.41 Å². The molecule has 0 aromatic carbocycles. The largest absolute Gasteiger partial charge is 0.366 e. The molecule has 1 rings (SSSR count). The Hall–Kier alpha value is -0.810. The number of nitrogens with zero attached hydrogens (tertiary/aromatic N) is 1. The summed E-state index contributed by atoms with van der Waals surface area (Å²) in [4.78, 5) is 4.37. The van der Waals surface area contributed by atoms with Crippen LogP contribution in [-0.4, -0.2) is 31.6 Å². The van der Waals surface area contributed by atoms with Crippen LogP contribution in [0.4, 0.5) is 5.82 Å². The average Bonchev–Trinajstić information content (AvgIpc) is 2.26. The van der Waals surface area contributed by atoms with E-state index in [2.05, 4.69) is 31.1 Å². The Bertz CT molecular complexity index is 524. The Morgan fingerprint density at radius 1 is 1.42 bits per heavy atom. The molecular formula is C13H21ClN2O2S. The van der Waals surface area contributed by atoms with Gasteiger partial charge in [-0.2, -0.15) is 0 Å². The topological polar surface area (TPSA) is 59.1 Å². The lowest BCUT2D eigenvalue weighted by molar-refractivity contribution is 0.333. The molecule has 0 saturated carbocycles. The molecule has 19 heavy (non-hydrogen) atoms. The van der Waals surface area contributed by atoms with E-state index in [0.717, 1.165) is 6.42 Å². The number of aromatic nitrogens is 1. The van der Waals surface area contributed by atoms with Gasteiger partial charge in [-0.3, -0.25) is 0 Å². The van der Waals surface area contributed by atoms with Gasteiger partial charge in [0.15, 0.2) is 9.84 Å².